The number of carbonyl (C=O) groups excluding carboxylic acids is 1. The first kappa shape index (κ1) is 20.7. The molecule has 0 saturated heterocycles. The Morgan fingerprint density at radius 2 is 1.65 bits per heavy atom. The first-order chi connectivity index (χ1) is 15.0. The van der Waals surface area contributed by atoms with E-state index in [4.69, 9.17) is 18.6 Å². The molecule has 0 bridgehead atoms. The van der Waals surface area contributed by atoms with Crippen molar-refractivity contribution in [3.8, 4) is 28.7 Å². The molecule has 0 radical (unpaired) electrons. The molecule has 0 aliphatic carbocycles. The molecule has 158 valence electrons. The molecule has 31 heavy (non-hydrogen) atoms. The molecule has 8 heteroatoms. The van der Waals surface area contributed by atoms with Gasteiger partial charge in [-0.2, -0.15) is 0 Å². The van der Waals surface area contributed by atoms with Gasteiger partial charge in [0.15, 0.2) is 17.1 Å². The molecule has 1 N–H and O–H groups in total. The summed E-state index contributed by atoms with van der Waals surface area (Å²) in [5, 5.41) is 2.88. The van der Waals surface area contributed by atoms with E-state index in [9.17, 15) is 4.79 Å². The monoisotopic (exact) mass is 482 g/mol. The van der Waals surface area contributed by atoms with Crippen molar-refractivity contribution in [1.29, 1.82) is 0 Å². The van der Waals surface area contributed by atoms with Crippen LogP contribution in [0.4, 0.5) is 5.69 Å². The molecule has 0 aliphatic heterocycles. The summed E-state index contributed by atoms with van der Waals surface area (Å²) >= 11 is 3.38. The second-order valence-electron chi connectivity index (χ2n) is 6.57. The van der Waals surface area contributed by atoms with E-state index in [1.807, 2.05) is 12.1 Å². The van der Waals surface area contributed by atoms with E-state index >= 15 is 0 Å². The van der Waals surface area contributed by atoms with Gasteiger partial charge in [0.1, 0.15) is 11.3 Å². The third kappa shape index (κ3) is 4.20. The molecule has 0 spiro atoms. The molecule has 4 aromatic rings. The van der Waals surface area contributed by atoms with Crippen LogP contribution in [0.2, 0.25) is 0 Å². The lowest BCUT2D eigenvalue weighted by molar-refractivity contribution is 0.102. The van der Waals surface area contributed by atoms with Crippen LogP contribution < -0.4 is 19.5 Å². The van der Waals surface area contributed by atoms with Crippen molar-refractivity contribution < 1.29 is 23.4 Å². The van der Waals surface area contributed by atoms with Gasteiger partial charge >= 0.3 is 0 Å². The highest BCUT2D eigenvalue weighted by molar-refractivity contribution is 9.10. The molecule has 1 amide bonds. The first-order valence-corrected chi connectivity index (χ1v) is 10.1. The zero-order valence-corrected chi connectivity index (χ0v) is 18.6. The maximum Gasteiger partial charge on any atom is 0.259 e. The minimum absolute atomic E-state index is 0.291. The average molecular weight is 483 g/mol. The minimum atomic E-state index is -0.291. The van der Waals surface area contributed by atoms with Crippen LogP contribution in [0.5, 0.6) is 17.2 Å². The Hall–Kier alpha value is -3.52. The Morgan fingerprint density at radius 1 is 0.903 bits per heavy atom. The summed E-state index contributed by atoms with van der Waals surface area (Å²) in [6, 6.07) is 16.0. The maximum atomic E-state index is 12.8. The number of halogens is 1. The molecule has 0 saturated carbocycles. The summed E-state index contributed by atoms with van der Waals surface area (Å²) in [4.78, 5) is 17.3. The first-order valence-electron chi connectivity index (χ1n) is 9.30. The van der Waals surface area contributed by atoms with Gasteiger partial charge in [0.05, 0.1) is 26.9 Å². The number of anilines is 1. The number of methoxy groups -OCH3 is 3. The van der Waals surface area contributed by atoms with Crippen molar-refractivity contribution >= 4 is 38.6 Å². The number of carbonyl (C=O) groups is 1. The second kappa shape index (κ2) is 8.69. The summed E-state index contributed by atoms with van der Waals surface area (Å²) in [6.07, 6.45) is 0. The van der Waals surface area contributed by atoms with Crippen molar-refractivity contribution in [3.63, 3.8) is 0 Å². The molecule has 4 rings (SSSR count). The number of nitrogens with zero attached hydrogens (tertiary/aromatic N) is 1. The van der Waals surface area contributed by atoms with E-state index in [1.165, 1.54) is 7.11 Å². The second-order valence-corrected chi connectivity index (χ2v) is 7.49. The molecule has 0 unspecified atom stereocenters. The van der Waals surface area contributed by atoms with E-state index in [1.54, 1.807) is 56.7 Å². The molecule has 3 aromatic carbocycles. The Bertz CT molecular complexity index is 1270. The highest BCUT2D eigenvalue weighted by atomic mass is 79.9. The van der Waals surface area contributed by atoms with Crippen molar-refractivity contribution in [2.75, 3.05) is 26.6 Å². The maximum absolute atomic E-state index is 12.8. The Balaban J connectivity index is 1.63. The summed E-state index contributed by atoms with van der Waals surface area (Å²) in [7, 11) is 4.68. The highest BCUT2D eigenvalue weighted by Crippen LogP contribution is 2.34. The van der Waals surface area contributed by atoms with Gasteiger partial charge in [0.2, 0.25) is 5.89 Å². The number of ether oxygens (including phenoxy) is 3. The van der Waals surface area contributed by atoms with Gasteiger partial charge < -0.3 is 23.9 Å². The van der Waals surface area contributed by atoms with Crippen molar-refractivity contribution in [1.82, 2.24) is 4.98 Å². The van der Waals surface area contributed by atoms with Crippen LogP contribution in [0.1, 0.15) is 10.4 Å². The van der Waals surface area contributed by atoms with E-state index in [-0.39, 0.29) is 5.91 Å². The van der Waals surface area contributed by atoms with Crippen LogP contribution in [0.25, 0.3) is 22.6 Å². The number of hydrogen-bond acceptors (Lipinski definition) is 6. The van der Waals surface area contributed by atoms with Gasteiger partial charge in [-0.25, -0.2) is 4.98 Å². The zero-order chi connectivity index (χ0) is 22.0. The number of oxazole rings is 1. The van der Waals surface area contributed by atoms with Crippen molar-refractivity contribution in [2.45, 2.75) is 0 Å². The van der Waals surface area contributed by atoms with Gasteiger partial charge in [-0.1, -0.05) is 15.9 Å². The number of fused-ring (bicyclic) bond motifs is 1. The van der Waals surface area contributed by atoms with Gasteiger partial charge in [-0.15, -0.1) is 0 Å². The van der Waals surface area contributed by atoms with Crippen LogP contribution in [0, 0.1) is 0 Å². The lowest BCUT2D eigenvalue weighted by Crippen LogP contribution is -2.13. The topological polar surface area (TPSA) is 82.8 Å². The highest BCUT2D eigenvalue weighted by Gasteiger charge is 2.15. The number of aromatic nitrogens is 1. The van der Waals surface area contributed by atoms with E-state index in [0.717, 1.165) is 10.0 Å². The van der Waals surface area contributed by atoms with Crippen LogP contribution in [0.15, 0.2) is 63.5 Å². The van der Waals surface area contributed by atoms with Gasteiger partial charge in [0, 0.05) is 15.7 Å². The predicted molar refractivity (Wildman–Crippen MR) is 121 cm³/mol. The number of rotatable bonds is 6. The average Bonchev–Trinajstić information content (AvgIpc) is 3.22. The SMILES string of the molecule is COc1ccc(-c2nc3cc(NC(=O)c4cc(Br)ccc4OC)ccc3o2)cc1OC. The lowest BCUT2D eigenvalue weighted by Gasteiger charge is -2.09. The molecular formula is C23H19BrN2O5. The molecule has 0 fully saturated rings. The molecule has 1 heterocycles. The number of hydrogen-bond donors (Lipinski definition) is 1. The quantitative estimate of drug-likeness (QED) is 0.388. The lowest BCUT2D eigenvalue weighted by atomic mass is 10.2. The molecule has 7 nitrogen and oxygen atoms in total. The van der Waals surface area contributed by atoms with E-state index in [2.05, 4.69) is 26.2 Å². The van der Waals surface area contributed by atoms with Crippen molar-refractivity contribution in [2.24, 2.45) is 0 Å². The van der Waals surface area contributed by atoms with Crippen LogP contribution in [-0.2, 0) is 0 Å². The third-order valence-corrected chi connectivity index (χ3v) is 5.18. The predicted octanol–water partition coefficient (Wildman–Crippen LogP) is 5.54. The fourth-order valence-corrected chi connectivity index (χ4v) is 3.52. The number of amides is 1. The smallest absolute Gasteiger partial charge is 0.259 e. The Kier molecular flexibility index (Phi) is 5.81. The molecule has 1 aromatic heterocycles. The summed E-state index contributed by atoms with van der Waals surface area (Å²) < 4.78 is 22.6. The Morgan fingerprint density at radius 3 is 2.39 bits per heavy atom. The van der Waals surface area contributed by atoms with Crippen molar-refractivity contribution in [3.05, 3.63) is 64.6 Å². The van der Waals surface area contributed by atoms with Gasteiger partial charge in [0.25, 0.3) is 5.91 Å². The molecule has 0 aliphatic rings. The zero-order valence-electron chi connectivity index (χ0n) is 17.1. The van der Waals surface area contributed by atoms with Crippen LogP contribution in [-0.4, -0.2) is 32.2 Å². The molecular weight excluding hydrogens is 464 g/mol. The molecule has 0 atom stereocenters. The van der Waals surface area contributed by atoms with E-state index < -0.39 is 0 Å². The van der Waals surface area contributed by atoms with Crippen LogP contribution >= 0.6 is 15.9 Å². The number of benzene rings is 3. The summed E-state index contributed by atoms with van der Waals surface area (Å²) in [5.74, 6) is 1.83. The van der Waals surface area contributed by atoms with Crippen LogP contribution in [0.3, 0.4) is 0 Å². The fourth-order valence-electron chi connectivity index (χ4n) is 3.15. The van der Waals surface area contributed by atoms with Gasteiger partial charge in [-0.05, 0) is 54.6 Å². The number of nitrogens with one attached hydrogen (secondary N) is 1. The van der Waals surface area contributed by atoms with Gasteiger partial charge in [-0.3, -0.25) is 4.79 Å². The normalized spacial score (nSPS) is 10.7. The van der Waals surface area contributed by atoms with E-state index in [0.29, 0.717) is 45.5 Å². The summed E-state index contributed by atoms with van der Waals surface area (Å²) in [5.41, 5.74) is 2.97. The summed E-state index contributed by atoms with van der Waals surface area (Å²) in [6.45, 7) is 0. The standard InChI is InChI=1S/C23H19BrN2O5/c1-28-18-8-5-14(24)11-16(18)22(27)25-15-6-9-19-17(12-15)26-23(31-19)13-4-7-20(29-2)21(10-13)30-3/h4-12H,1-3H3,(H,25,27). The largest absolute Gasteiger partial charge is 0.496 e. The third-order valence-electron chi connectivity index (χ3n) is 4.68. The Labute approximate surface area is 187 Å². The fraction of sp³-hybridized carbons (Fsp3) is 0.130. The minimum Gasteiger partial charge on any atom is -0.496 e.